The van der Waals surface area contributed by atoms with Crippen LogP contribution in [0.1, 0.15) is 22.5 Å². The van der Waals surface area contributed by atoms with Crippen LogP contribution in [-0.4, -0.2) is 23.6 Å². The van der Waals surface area contributed by atoms with E-state index in [1.807, 2.05) is 32.9 Å². The van der Waals surface area contributed by atoms with Gasteiger partial charge in [0.15, 0.2) is 0 Å². The fourth-order valence-corrected chi connectivity index (χ4v) is 2.33. The number of hydrogen-bond donors (Lipinski definition) is 0. The molecule has 0 radical (unpaired) electrons. The minimum Gasteiger partial charge on any atom is -0.243 e. The molecule has 0 aliphatic carbocycles. The van der Waals surface area contributed by atoms with Crippen molar-refractivity contribution in [3.05, 3.63) is 41.0 Å². The fourth-order valence-electron chi connectivity index (χ4n) is 1.54. The van der Waals surface area contributed by atoms with Crippen LogP contribution in [0.5, 0.6) is 0 Å². The zero-order chi connectivity index (χ0) is 13.2. The standard InChI is InChI=1S/C12H18N2O2S/c1-9-6-11(3)13-8-14(17(5,15)16)12(4)7-10(9)2/h6-8H,1-5H3. The van der Waals surface area contributed by atoms with E-state index in [2.05, 4.69) is 4.98 Å². The minimum absolute atomic E-state index is 0.635. The molecule has 0 aliphatic heterocycles. The summed E-state index contributed by atoms with van der Waals surface area (Å²) in [5, 5.41) is 0. The molecule has 0 unspecified atom stereocenters. The molecule has 0 aliphatic rings. The molecule has 1 aromatic rings. The molecule has 1 heterocycles. The quantitative estimate of drug-likeness (QED) is 0.770. The number of aromatic nitrogens is 2. The van der Waals surface area contributed by atoms with Gasteiger partial charge in [-0.15, -0.1) is 0 Å². The van der Waals surface area contributed by atoms with Crippen LogP contribution < -0.4 is 0 Å². The summed E-state index contributed by atoms with van der Waals surface area (Å²) in [6.07, 6.45) is 2.51. The van der Waals surface area contributed by atoms with Gasteiger partial charge in [-0.25, -0.2) is 17.4 Å². The Bertz CT molecular complexity index is 585. The van der Waals surface area contributed by atoms with Gasteiger partial charge < -0.3 is 0 Å². The van der Waals surface area contributed by atoms with E-state index in [9.17, 15) is 8.42 Å². The van der Waals surface area contributed by atoms with E-state index >= 15 is 0 Å². The van der Waals surface area contributed by atoms with Gasteiger partial charge in [0.2, 0.25) is 10.0 Å². The molecular weight excluding hydrogens is 236 g/mol. The molecule has 0 N–H and O–H groups in total. The molecule has 94 valence electrons. The summed E-state index contributed by atoms with van der Waals surface area (Å²) >= 11 is 0. The lowest BCUT2D eigenvalue weighted by Crippen LogP contribution is -2.12. The lowest BCUT2D eigenvalue weighted by atomic mass is 10.1. The van der Waals surface area contributed by atoms with E-state index in [4.69, 9.17) is 0 Å². The van der Waals surface area contributed by atoms with Crippen LogP contribution in [0.3, 0.4) is 0 Å². The number of hydrogen-bond acceptors (Lipinski definition) is 3. The molecule has 0 saturated carbocycles. The smallest absolute Gasteiger partial charge is 0.237 e. The fraction of sp³-hybridized carbons (Fsp3) is 0.417. The summed E-state index contributed by atoms with van der Waals surface area (Å²) in [5.41, 5.74) is 3.52. The van der Waals surface area contributed by atoms with Gasteiger partial charge in [-0.3, -0.25) is 0 Å². The highest BCUT2D eigenvalue weighted by atomic mass is 32.2. The van der Waals surface area contributed by atoms with Crippen molar-refractivity contribution in [2.75, 3.05) is 6.26 Å². The second-order valence-electron chi connectivity index (χ2n) is 4.24. The topological polar surface area (TPSA) is 52.0 Å². The molecule has 4 nitrogen and oxygen atoms in total. The van der Waals surface area contributed by atoms with Crippen LogP contribution >= 0.6 is 0 Å². The Morgan fingerprint density at radius 3 is 2.12 bits per heavy atom. The van der Waals surface area contributed by atoms with Crippen LogP contribution in [0.15, 0.2) is 18.5 Å². The van der Waals surface area contributed by atoms with Crippen molar-refractivity contribution in [1.82, 2.24) is 8.96 Å². The van der Waals surface area contributed by atoms with E-state index in [1.54, 1.807) is 6.92 Å². The first-order chi connectivity index (χ1) is 7.71. The Kier molecular flexibility index (Phi) is 3.93. The summed E-state index contributed by atoms with van der Waals surface area (Å²) in [7, 11) is -3.33. The van der Waals surface area contributed by atoms with Crippen molar-refractivity contribution in [2.45, 2.75) is 27.7 Å². The van der Waals surface area contributed by atoms with Gasteiger partial charge in [-0.2, -0.15) is 0 Å². The lowest BCUT2D eigenvalue weighted by Gasteiger charge is -2.04. The van der Waals surface area contributed by atoms with Crippen molar-refractivity contribution < 1.29 is 8.42 Å². The normalized spacial score (nSPS) is 11.1. The molecule has 0 saturated heterocycles. The largest absolute Gasteiger partial charge is 0.243 e. The second-order valence-corrected chi connectivity index (χ2v) is 6.10. The Labute approximate surface area is 103 Å². The minimum atomic E-state index is -3.33. The predicted molar refractivity (Wildman–Crippen MR) is 69.0 cm³/mol. The van der Waals surface area contributed by atoms with E-state index in [0.29, 0.717) is 5.69 Å². The highest BCUT2D eigenvalue weighted by Crippen LogP contribution is 2.07. The average molecular weight is 254 g/mol. The number of rotatable bonds is 1. The summed E-state index contributed by atoms with van der Waals surface area (Å²) in [6.45, 7) is 7.53. The Morgan fingerprint density at radius 2 is 1.59 bits per heavy atom. The highest BCUT2D eigenvalue weighted by molar-refractivity contribution is 7.89. The molecule has 0 fully saturated rings. The van der Waals surface area contributed by atoms with Gasteiger partial charge in [0.25, 0.3) is 0 Å². The van der Waals surface area contributed by atoms with Crippen molar-refractivity contribution in [1.29, 1.82) is 0 Å². The molecular formula is C12H18N2O2S. The van der Waals surface area contributed by atoms with Gasteiger partial charge in [-0.05, 0) is 51.0 Å². The third kappa shape index (κ3) is 3.56. The zero-order valence-corrected chi connectivity index (χ0v) is 11.7. The molecule has 0 atom stereocenters. The summed E-state index contributed by atoms with van der Waals surface area (Å²) in [4.78, 5) is 4.13. The lowest BCUT2D eigenvalue weighted by molar-refractivity contribution is 0.591. The Balaban J connectivity index is 3.81. The van der Waals surface area contributed by atoms with E-state index in [-0.39, 0.29) is 0 Å². The number of aryl methyl sites for hydroxylation is 4. The first-order valence-electron chi connectivity index (χ1n) is 5.29. The summed E-state index contributed by atoms with van der Waals surface area (Å²) < 4.78 is 24.4. The highest BCUT2D eigenvalue weighted by Gasteiger charge is 2.05. The van der Waals surface area contributed by atoms with Crippen molar-refractivity contribution in [3.8, 4) is 0 Å². The Hall–Kier alpha value is -1.36. The summed E-state index contributed by atoms with van der Waals surface area (Å²) in [6, 6.07) is 3.78. The number of nitrogens with zero attached hydrogens (tertiary/aromatic N) is 2. The first-order valence-corrected chi connectivity index (χ1v) is 7.14. The van der Waals surface area contributed by atoms with Crippen LogP contribution in [0.2, 0.25) is 0 Å². The average Bonchev–Trinajstić information content (AvgIpc) is 2.17. The van der Waals surface area contributed by atoms with Crippen LogP contribution in [-0.2, 0) is 10.0 Å². The summed E-state index contributed by atoms with van der Waals surface area (Å²) in [5.74, 6) is 0. The van der Waals surface area contributed by atoms with E-state index in [1.165, 1.54) is 16.6 Å². The maximum Gasteiger partial charge on any atom is 0.237 e. The third-order valence-electron chi connectivity index (χ3n) is 2.54. The van der Waals surface area contributed by atoms with Crippen molar-refractivity contribution in [3.63, 3.8) is 0 Å². The third-order valence-corrected chi connectivity index (χ3v) is 3.64. The van der Waals surface area contributed by atoms with Gasteiger partial charge in [-0.1, -0.05) is 0 Å². The zero-order valence-electron chi connectivity index (χ0n) is 10.9. The SMILES string of the molecule is Cc1cc(C)c(C)cc(C)n(S(C)(=O)=O)cn1. The van der Waals surface area contributed by atoms with Gasteiger partial charge in [0.05, 0.1) is 6.26 Å². The van der Waals surface area contributed by atoms with Gasteiger partial charge in [0, 0.05) is 11.4 Å². The molecule has 0 amide bonds. The maximum atomic E-state index is 11.6. The van der Waals surface area contributed by atoms with Crippen LogP contribution in [0.25, 0.3) is 0 Å². The van der Waals surface area contributed by atoms with Gasteiger partial charge in [0.1, 0.15) is 6.33 Å². The monoisotopic (exact) mass is 254 g/mol. The van der Waals surface area contributed by atoms with E-state index in [0.717, 1.165) is 16.8 Å². The molecule has 1 aromatic heterocycles. The van der Waals surface area contributed by atoms with Crippen molar-refractivity contribution in [2.24, 2.45) is 0 Å². The molecule has 0 aromatic carbocycles. The molecule has 0 spiro atoms. The Morgan fingerprint density at radius 1 is 1.06 bits per heavy atom. The molecule has 0 bridgehead atoms. The van der Waals surface area contributed by atoms with Gasteiger partial charge >= 0.3 is 0 Å². The van der Waals surface area contributed by atoms with Crippen LogP contribution in [0.4, 0.5) is 0 Å². The molecule has 1 rings (SSSR count). The molecule has 17 heavy (non-hydrogen) atoms. The van der Waals surface area contributed by atoms with Crippen LogP contribution in [0, 0.1) is 27.7 Å². The first kappa shape index (κ1) is 13.7. The van der Waals surface area contributed by atoms with E-state index < -0.39 is 10.0 Å². The second kappa shape index (κ2) is 4.87. The van der Waals surface area contributed by atoms with Crippen molar-refractivity contribution >= 4 is 10.0 Å². The predicted octanol–water partition coefficient (Wildman–Crippen LogP) is 2.05. The maximum absolute atomic E-state index is 11.6. The molecule has 5 heteroatoms.